The van der Waals surface area contributed by atoms with Crippen LogP contribution in [0, 0.1) is 0 Å². The van der Waals surface area contributed by atoms with E-state index in [1.54, 1.807) is 7.11 Å². The molecular weight excluding hydrogens is 356 g/mol. The van der Waals surface area contributed by atoms with Gasteiger partial charge in [-0.05, 0) is 25.0 Å². The van der Waals surface area contributed by atoms with Gasteiger partial charge in [0.25, 0.3) is 0 Å². The van der Waals surface area contributed by atoms with Crippen LogP contribution >= 0.6 is 0 Å². The van der Waals surface area contributed by atoms with Crippen LogP contribution in [-0.2, 0) is 9.59 Å². The van der Waals surface area contributed by atoms with Gasteiger partial charge in [-0.15, -0.1) is 0 Å². The average molecular weight is 386 g/mol. The zero-order valence-electron chi connectivity index (χ0n) is 16.5. The Labute approximate surface area is 166 Å². The smallest absolute Gasteiger partial charge is 0.237 e. The van der Waals surface area contributed by atoms with Gasteiger partial charge in [-0.3, -0.25) is 9.59 Å². The van der Waals surface area contributed by atoms with E-state index in [0.717, 1.165) is 37.4 Å². The third-order valence-corrected chi connectivity index (χ3v) is 6.25. The van der Waals surface area contributed by atoms with Gasteiger partial charge in [0, 0.05) is 50.0 Å². The van der Waals surface area contributed by atoms with Crippen LogP contribution < -0.4 is 20.3 Å². The predicted octanol–water partition coefficient (Wildman–Crippen LogP) is 1.13. The van der Waals surface area contributed by atoms with Gasteiger partial charge in [0.15, 0.2) is 0 Å². The van der Waals surface area contributed by atoms with Crippen molar-refractivity contribution in [2.24, 2.45) is 0 Å². The second-order valence-corrected chi connectivity index (χ2v) is 8.00. The zero-order chi connectivity index (χ0) is 19.5. The molecule has 0 unspecified atom stereocenters. The molecule has 7 nitrogen and oxygen atoms in total. The Morgan fingerprint density at radius 1 is 1.14 bits per heavy atom. The van der Waals surface area contributed by atoms with Crippen LogP contribution in [0.1, 0.15) is 32.1 Å². The minimum atomic E-state index is -0.400. The van der Waals surface area contributed by atoms with E-state index in [1.165, 1.54) is 12.8 Å². The topological polar surface area (TPSA) is 73.9 Å². The normalized spacial score (nSPS) is 27.8. The molecule has 1 saturated carbocycles. The second-order valence-electron chi connectivity index (χ2n) is 8.00. The summed E-state index contributed by atoms with van der Waals surface area (Å²) in [6.07, 6.45) is 4.72. The third kappa shape index (κ3) is 4.09. The largest absolute Gasteiger partial charge is 0.497 e. The lowest BCUT2D eigenvalue weighted by atomic mass is 9.87. The molecular formula is C21H30N4O3. The van der Waals surface area contributed by atoms with Gasteiger partial charge in [0.2, 0.25) is 11.8 Å². The number of methoxy groups -OCH3 is 1. The molecule has 0 spiro atoms. The lowest BCUT2D eigenvalue weighted by Crippen LogP contribution is -2.65. The molecule has 1 aliphatic carbocycles. The average Bonchev–Trinajstić information content (AvgIpc) is 2.74. The first kappa shape index (κ1) is 19.1. The summed E-state index contributed by atoms with van der Waals surface area (Å²) >= 11 is 0. The van der Waals surface area contributed by atoms with Crippen LogP contribution in [0.15, 0.2) is 24.3 Å². The zero-order valence-corrected chi connectivity index (χ0v) is 16.5. The standard InChI is InChI=1S/C21H30N4O3/c1-28-16-6-4-5-15(13-16)24-9-11-25(12-10-24)20(26)14-19-21(27)23-18-8-3-2-7-17(18)22-19/h4-6,13,17-19,22H,2-3,7-12,14H2,1H3,(H,23,27)/t17-,18+,19+/m1/s1. The fraction of sp³-hybridized carbons (Fsp3) is 0.619. The molecule has 2 aliphatic heterocycles. The SMILES string of the molecule is COc1cccc(N2CCN(C(=O)C[C@@H]3N[C@@H]4CCCC[C@@H]4NC3=O)CC2)c1. The summed E-state index contributed by atoms with van der Waals surface area (Å²) in [5, 5.41) is 6.56. The number of benzene rings is 1. The Bertz CT molecular complexity index is 717. The van der Waals surface area contributed by atoms with Crippen molar-refractivity contribution in [3.05, 3.63) is 24.3 Å². The summed E-state index contributed by atoms with van der Waals surface area (Å²) in [5.41, 5.74) is 1.11. The van der Waals surface area contributed by atoms with Gasteiger partial charge >= 0.3 is 0 Å². The van der Waals surface area contributed by atoms with Crippen molar-refractivity contribution >= 4 is 17.5 Å². The lowest BCUT2D eigenvalue weighted by molar-refractivity contribution is -0.136. The first-order valence-electron chi connectivity index (χ1n) is 10.4. The van der Waals surface area contributed by atoms with E-state index < -0.39 is 6.04 Å². The Morgan fingerprint density at radius 2 is 1.89 bits per heavy atom. The van der Waals surface area contributed by atoms with Crippen molar-refractivity contribution in [3.63, 3.8) is 0 Å². The number of anilines is 1. The maximum atomic E-state index is 12.8. The monoisotopic (exact) mass is 386 g/mol. The molecule has 28 heavy (non-hydrogen) atoms. The summed E-state index contributed by atoms with van der Waals surface area (Å²) in [5.74, 6) is 0.880. The predicted molar refractivity (Wildman–Crippen MR) is 108 cm³/mol. The number of hydrogen-bond donors (Lipinski definition) is 2. The number of carbonyl (C=O) groups excluding carboxylic acids is 2. The van der Waals surface area contributed by atoms with Crippen molar-refractivity contribution in [1.82, 2.24) is 15.5 Å². The highest BCUT2D eigenvalue weighted by atomic mass is 16.5. The lowest BCUT2D eigenvalue weighted by Gasteiger charge is -2.41. The van der Waals surface area contributed by atoms with E-state index >= 15 is 0 Å². The first-order valence-corrected chi connectivity index (χ1v) is 10.4. The maximum Gasteiger partial charge on any atom is 0.237 e. The number of ether oxygens (including phenoxy) is 1. The molecule has 0 radical (unpaired) electrons. The van der Waals surface area contributed by atoms with Crippen LogP contribution in [0.3, 0.4) is 0 Å². The summed E-state index contributed by atoms with van der Waals surface area (Å²) < 4.78 is 5.30. The molecule has 2 saturated heterocycles. The van der Waals surface area contributed by atoms with E-state index in [-0.39, 0.29) is 24.3 Å². The number of carbonyl (C=O) groups is 2. The first-order chi connectivity index (χ1) is 13.6. The molecule has 152 valence electrons. The van der Waals surface area contributed by atoms with Crippen LogP contribution in [0.25, 0.3) is 0 Å². The summed E-state index contributed by atoms with van der Waals surface area (Å²) in [6, 6.07) is 8.15. The third-order valence-electron chi connectivity index (χ3n) is 6.25. The summed E-state index contributed by atoms with van der Waals surface area (Å²) in [7, 11) is 1.67. The molecule has 2 amide bonds. The Morgan fingerprint density at radius 3 is 2.64 bits per heavy atom. The number of piperazine rings is 2. The number of nitrogens with one attached hydrogen (secondary N) is 2. The fourth-order valence-electron chi connectivity index (χ4n) is 4.60. The molecule has 0 bridgehead atoms. The Hall–Kier alpha value is -2.28. The van der Waals surface area contributed by atoms with Gasteiger partial charge in [-0.2, -0.15) is 0 Å². The van der Waals surface area contributed by atoms with Gasteiger partial charge in [0.05, 0.1) is 19.6 Å². The van der Waals surface area contributed by atoms with Crippen molar-refractivity contribution in [2.45, 2.75) is 50.2 Å². The van der Waals surface area contributed by atoms with Crippen molar-refractivity contribution in [1.29, 1.82) is 0 Å². The minimum Gasteiger partial charge on any atom is -0.497 e. The molecule has 1 aromatic rings. The number of rotatable bonds is 4. The highest BCUT2D eigenvalue weighted by Gasteiger charge is 2.37. The van der Waals surface area contributed by atoms with Crippen molar-refractivity contribution < 1.29 is 14.3 Å². The Balaban J connectivity index is 1.29. The Kier molecular flexibility index (Phi) is 5.71. The minimum absolute atomic E-state index is 0.0217. The van der Waals surface area contributed by atoms with Gasteiger partial charge < -0.3 is 25.2 Å². The molecule has 0 aromatic heterocycles. The van der Waals surface area contributed by atoms with E-state index in [1.807, 2.05) is 23.1 Å². The summed E-state index contributed by atoms with van der Waals surface area (Å²) in [4.78, 5) is 29.3. The van der Waals surface area contributed by atoms with E-state index in [2.05, 4.69) is 21.6 Å². The molecule has 3 atom stereocenters. The number of nitrogens with zero attached hydrogens (tertiary/aromatic N) is 2. The molecule has 1 aromatic carbocycles. The van der Waals surface area contributed by atoms with Crippen molar-refractivity contribution in [3.8, 4) is 5.75 Å². The molecule has 2 N–H and O–H groups in total. The molecule has 3 aliphatic rings. The van der Waals surface area contributed by atoms with E-state index in [9.17, 15) is 9.59 Å². The number of fused-ring (bicyclic) bond motifs is 1. The van der Waals surface area contributed by atoms with Crippen LogP contribution in [0.2, 0.25) is 0 Å². The van der Waals surface area contributed by atoms with Gasteiger partial charge in [-0.1, -0.05) is 18.9 Å². The number of amides is 2. The second kappa shape index (κ2) is 8.39. The quantitative estimate of drug-likeness (QED) is 0.812. The summed E-state index contributed by atoms with van der Waals surface area (Å²) in [6.45, 7) is 2.93. The van der Waals surface area contributed by atoms with Crippen molar-refractivity contribution in [2.75, 3.05) is 38.2 Å². The molecule has 2 heterocycles. The van der Waals surface area contributed by atoms with E-state index in [4.69, 9.17) is 4.74 Å². The van der Waals surface area contributed by atoms with Crippen LogP contribution in [0.5, 0.6) is 5.75 Å². The maximum absolute atomic E-state index is 12.8. The molecule has 7 heteroatoms. The van der Waals surface area contributed by atoms with Gasteiger partial charge in [-0.25, -0.2) is 0 Å². The van der Waals surface area contributed by atoms with Crippen LogP contribution in [0.4, 0.5) is 5.69 Å². The van der Waals surface area contributed by atoms with Gasteiger partial charge in [0.1, 0.15) is 5.75 Å². The fourth-order valence-corrected chi connectivity index (χ4v) is 4.60. The molecule has 3 fully saturated rings. The highest BCUT2D eigenvalue weighted by Crippen LogP contribution is 2.24. The molecule has 4 rings (SSSR count). The highest BCUT2D eigenvalue weighted by molar-refractivity contribution is 5.89. The number of hydrogen-bond acceptors (Lipinski definition) is 5. The van der Waals surface area contributed by atoms with E-state index in [0.29, 0.717) is 19.1 Å². The van der Waals surface area contributed by atoms with Crippen LogP contribution in [-0.4, -0.2) is 68.1 Å².